The molecule has 1 atom stereocenters. The van der Waals surface area contributed by atoms with Crippen LogP contribution < -0.4 is 25.0 Å². The molecule has 0 spiro atoms. The Labute approximate surface area is 206 Å². The fourth-order valence-electron chi connectivity index (χ4n) is 4.53. The van der Waals surface area contributed by atoms with Gasteiger partial charge in [-0.3, -0.25) is 9.59 Å². The number of benzene rings is 3. The van der Waals surface area contributed by atoms with E-state index >= 15 is 0 Å². The number of carbonyl (C=O) groups is 2. The molecule has 2 N–H and O–H groups in total. The summed E-state index contributed by atoms with van der Waals surface area (Å²) in [5, 5.41) is 6.26. The van der Waals surface area contributed by atoms with Crippen LogP contribution in [0.15, 0.2) is 60.7 Å². The van der Waals surface area contributed by atoms with E-state index in [1.54, 1.807) is 31.4 Å². The second kappa shape index (κ2) is 10.6. The third-order valence-corrected chi connectivity index (χ3v) is 6.46. The molecule has 35 heavy (non-hydrogen) atoms. The van der Waals surface area contributed by atoms with Gasteiger partial charge in [0, 0.05) is 29.4 Å². The summed E-state index contributed by atoms with van der Waals surface area (Å²) in [6.07, 6.45) is 1.77. The van der Waals surface area contributed by atoms with Gasteiger partial charge >= 0.3 is 0 Å². The van der Waals surface area contributed by atoms with E-state index in [-0.39, 0.29) is 17.9 Å². The number of rotatable bonds is 6. The number of hydrogen-bond acceptors (Lipinski definition) is 5. The second-order valence-corrected chi connectivity index (χ2v) is 8.55. The van der Waals surface area contributed by atoms with Gasteiger partial charge in [0.15, 0.2) is 0 Å². The van der Waals surface area contributed by atoms with Gasteiger partial charge in [0.2, 0.25) is 0 Å². The van der Waals surface area contributed by atoms with Crippen molar-refractivity contribution in [2.75, 3.05) is 38.0 Å². The SMILES string of the molecule is CNC1CCCN(C(=O)c2ccc(NC(=O)c3ccccc3C)c(OC)c2)c2ccc(OC)cc21. The van der Waals surface area contributed by atoms with E-state index < -0.39 is 0 Å². The van der Waals surface area contributed by atoms with E-state index in [1.807, 2.05) is 55.3 Å². The summed E-state index contributed by atoms with van der Waals surface area (Å²) >= 11 is 0. The Kier molecular flexibility index (Phi) is 7.36. The number of carbonyl (C=O) groups excluding carboxylic acids is 2. The molecule has 1 heterocycles. The topological polar surface area (TPSA) is 79.9 Å². The van der Waals surface area contributed by atoms with Gasteiger partial charge in [-0.2, -0.15) is 0 Å². The number of nitrogens with one attached hydrogen (secondary N) is 2. The number of hydrogen-bond donors (Lipinski definition) is 2. The van der Waals surface area contributed by atoms with Crippen LogP contribution in [0.3, 0.4) is 0 Å². The fraction of sp³-hybridized carbons (Fsp3) is 0.286. The van der Waals surface area contributed by atoms with Crippen LogP contribution in [0.2, 0.25) is 0 Å². The van der Waals surface area contributed by atoms with E-state index in [2.05, 4.69) is 10.6 Å². The first kappa shape index (κ1) is 24.3. The maximum atomic E-state index is 13.7. The molecule has 0 radical (unpaired) electrons. The Hall–Kier alpha value is -3.84. The molecule has 0 fully saturated rings. The Morgan fingerprint density at radius 1 is 1.00 bits per heavy atom. The third kappa shape index (κ3) is 5.00. The lowest BCUT2D eigenvalue weighted by molar-refractivity contribution is 0.0985. The summed E-state index contributed by atoms with van der Waals surface area (Å²) in [7, 11) is 5.10. The van der Waals surface area contributed by atoms with Crippen molar-refractivity contribution in [3.63, 3.8) is 0 Å². The lowest BCUT2D eigenvalue weighted by Crippen LogP contribution is -2.32. The van der Waals surface area contributed by atoms with E-state index in [4.69, 9.17) is 9.47 Å². The minimum absolute atomic E-state index is 0.122. The number of methoxy groups -OCH3 is 2. The molecule has 1 unspecified atom stereocenters. The normalized spacial score (nSPS) is 15.1. The van der Waals surface area contributed by atoms with Crippen molar-refractivity contribution in [2.45, 2.75) is 25.8 Å². The van der Waals surface area contributed by atoms with Crippen molar-refractivity contribution in [1.29, 1.82) is 0 Å². The average Bonchev–Trinajstić information content (AvgIpc) is 3.07. The number of amides is 2. The molecule has 182 valence electrons. The van der Waals surface area contributed by atoms with Gasteiger partial charge in [0.25, 0.3) is 11.8 Å². The summed E-state index contributed by atoms with van der Waals surface area (Å²) in [6.45, 7) is 2.49. The van der Waals surface area contributed by atoms with Crippen LogP contribution in [-0.2, 0) is 0 Å². The zero-order chi connectivity index (χ0) is 24.9. The second-order valence-electron chi connectivity index (χ2n) is 8.55. The molecular formula is C28H31N3O4. The van der Waals surface area contributed by atoms with Gasteiger partial charge < -0.3 is 25.0 Å². The Balaban J connectivity index is 1.63. The van der Waals surface area contributed by atoms with E-state index in [0.29, 0.717) is 29.1 Å². The molecule has 0 bridgehead atoms. The van der Waals surface area contributed by atoms with Crippen molar-refractivity contribution >= 4 is 23.2 Å². The number of anilines is 2. The van der Waals surface area contributed by atoms with Crippen molar-refractivity contribution in [3.8, 4) is 11.5 Å². The van der Waals surface area contributed by atoms with Crippen LogP contribution in [0.4, 0.5) is 11.4 Å². The van der Waals surface area contributed by atoms with Crippen LogP contribution in [0, 0.1) is 6.92 Å². The summed E-state index contributed by atoms with van der Waals surface area (Å²) in [4.78, 5) is 28.3. The minimum Gasteiger partial charge on any atom is -0.497 e. The average molecular weight is 474 g/mol. The predicted molar refractivity (Wildman–Crippen MR) is 138 cm³/mol. The maximum Gasteiger partial charge on any atom is 0.258 e. The van der Waals surface area contributed by atoms with Crippen molar-refractivity contribution in [1.82, 2.24) is 5.32 Å². The van der Waals surface area contributed by atoms with Crippen LogP contribution in [-0.4, -0.2) is 39.6 Å². The van der Waals surface area contributed by atoms with Gasteiger partial charge in [-0.05, 0) is 80.4 Å². The largest absolute Gasteiger partial charge is 0.497 e. The van der Waals surface area contributed by atoms with E-state index in [9.17, 15) is 9.59 Å². The Morgan fingerprint density at radius 2 is 1.80 bits per heavy atom. The lowest BCUT2D eigenvalue weighted by atomic mass is 10.0. The van der Waals surface area contributed by atoms with E-state index in [0.717, 1.165) is 35.4 Å². The first-order valence-electron chi connectivity index (χ1n) is 11.7. The molecule has 3 aromatic rings. The molecule has 1 aliphatic heterocycles. The summed E-state index contributed by atoms with van der Waals surface area (Å²) < 4.78 is 11.0. The van der Waals surface area contributed by atoms with Crippen LogP contribution in [0.25, 0.3) is 0 Å². The molecule has 2 amide bonds. The van der Waals surface area contributed by atoms with E-state index in [1.165, 1.54) is 7.11 Å². The molecule has 4 rings (SSSR count). The van der Waals surface area contributed by atoms with Gasteiger partial charge in [-0.15, -0.1) is 0 Å². The number of aryl methyl sites for hydroxylation is 1. The van der Waals surface area contributed by atoms with Crippen molar-refractivity contribution < 1.29 is 19.1 Å². The first-order valence-corrected chi connectivity index (χ1v) is 11.7. The highest BCUT2D eigenvalue weighted by atomic mass is 16.5. The molecule has 7 nitrogen and oxygen atoms in total. The fourth-order valence-corrected chi connectivity index (χ4v) is 4.53. The molecule has 0 saturated carbocycles. The third-order valence-electron chi connectivity index (χ3n) is 6.46. The quantitative estimate of drug-likeness (QED) is 0.529. The van der Waals surface area contributed by atoms with Crippen LogP contribution in [0.5, 0.6) is 11.5 Å². The molecule has 7 heteroatoms. The smallest absolute Gasteiger partial charge is 0.258 e. The standard InChI is InChI=1S/C28H31N3O4/c1-18-8-5-6-9-21(18)27(32)30-24-13-11-19(16-26(24)35-4)28(33)31-15-7-10-23(29-2)22-17-20(34-3)12-14-25(22)31/h5-6,8-9,11-14,16-17,23,29H,7,10,15H2,1-4H3,(H,30,32). The lowest BCUT2D eigenvalue weighted by Gasteiger charge is -2.25. The van der Waals surface area contributed by atoms with Gasteiger partial charge in [-0.25, -0.2) is 0 Å². The van der Waals surface area contributed by atoms with Crippen LogP contribution in [0.1, 0.15) is 50.7 Å². The zero-order valence-corrected chi connectivity index (χ0v) is 20.6. The molecule has 0 aliphatic carbocycles. The molecule has 0 aromatic heterocycles. The summed E-state index contributed by atoms with van der Waals surface area (Å²) in [6, 6.07) is 18.4. The summed E-state index contributed by atoms with van der Waals surface area (Å²) in [5.74, 6) is 0.835. The maximum absolute atomic E-state index is 13.7. The zero-order valence-electron chi connectivity index (χ0n) is 20.6. The summed E-state index contributed by atoms with van der Waals surface area (Å²) in [5.41, 5.74) is 4.36. The molecule has 3 aromatic carbocycles. The first-order chi connectivity index (χ1) is 17.0. The van der Waals surface area contributed by atoms with Gasteiger partial charge in [0.1, 0.15) is 11.5 Å². The van der Waals surface area contributed by atoms with Crippen LogP contribution >= 0.6 is 0 Å². The van der Waals surface area contributed by atoms with Crippen molar-refractivity contribution in [2.24, 2.45) is 0 Å². The van der Waals surface area contributed by atoms with Gasteiger partial charge in [0.05, 0.1) is 19.9 Å². The predicted octanol–water partition coefficient (Wildman–Crippen LogP) is 4.97. The van der Waals surface area contributed by atoms with Crippen molar-refractivity contribution in [3.05, 3.63) is 82.9 Å². The Bertz CT molecular complexity index is 1240. The highest BCUT2D eigenvalue weighted by Gasteiger charge is 2.27. The van der Waals surface area contributed by atoms with Gasteiger partial charge in [-0.1, -0.05) is 18.2 Å². The molecule has 0 saturated heterocycles. The monoisotopic (exact) mass is 473 g/mol. The number of nitrogens with zero attached hydrogens (tertiary/aromatic N) is 1. The minimum atomic E-state index is -0.228. The molecule has 1 aliphatic rings. The highest BCUT2D eigenvalue weighted by molar-refractivity contribution is 6.09. The molecular weight excluding hydrogens is 442 g/mol. The Morgan fingerprint density at radius 3 is 2.51 bits per heavy atom. The number of fused-ring (bicyclic) bond motifs is 1. The number of ether oxygens (including phenoxy) is 2. The highest BCUT2D eigenvalue weighted by Crippen LogP contribution is 2.37.